The molecule has 1 unspecified atom stereocenters. The Morgan fingerprint density at radius 3 is 2.20 bits per heavy atom. The van der Waals surface area contributed by atoms with Crippen molar-refractivity contribution in [2.75, 3.05) is 11.6 Å². The zero-order chi connectivity index (χ0) is 28.4. The van der Waals surface area contributed by atoms with Crippen molar-refractivity contribution in [2.45, 2.75) is 61.3 Å². The number of nitrogens with zero attached hydrogens (tertiary/aromatic N) is 2. The summed E-state index contributed by atoms with van der Waals surface area (Å²) in [5.74, 6) is 0. The van der Waals surface area contributed by atoms with Gasteiger partial charge in [0.25, 0.3) is 15.6 Å². The van der Waals surface area contributed by atoms with Gasteiger partial charge in [-0.3, -0.25) is 4.79 Å². The molecule has 0 radical (unpaired) electrons. The van der Waals surface area contributed by atoms with Crippen molar-refractivity contribution in [1.82, 2.24) is 8.54 Å². The number of aromatic nitrogens is 2. The number of benzene rings is 2. The van der Waals surface area contributed by atoms with E-state index in [0.717, 1.165) is 28.1 Å². The number of pyridine rings is 1. The fourth-order valence-electron chi connectivity index (χ4n) is 5.95. The maximum absolute atomic E-state index is 13.6. The first-order chi connectivity index (χ1) is 18.9. The van der Waals surface area contributed by atoms with Crippen molar-refractivity contribution >= 4 is 36.3 Å². The van der Waals surface area contributed by atoms with E-state index in [9.17, 15) is 17.4 Å². The molecule has 1 atom stereocenters. The minimum atomic E-state index is -4.03. The van der Waals surface area contributed by atoms with Gasteiger partial charge >= 0.3 is 0 Å². The zero-order valence-corrected chi connectivity index (χ0v) is 24.6. The van der Waals surface area contributed by atoms with Crippen LogP contribution in [0.2, 0.25) is 0 Å². The molecule has 2 N–H and O–H groups in total. The van der Waals surface area contributed by atoms with Gasteiger partial charge in [0, 0.05) is 58.8 Å². The molecular weight excluding hydrogens is 544 g/mol. The molecule has 1 spiro atoms. The van der Waals surface area contributed by atoms with Crippen molar-refractivity contribution in [3.8, 4) is 11.1 Å². The fourth-order valence-corrected chi connectivity index (χ4v) is 7.97. The third kappa shape index (κ3) is 4.66. The summed E-state index contributed by atoms with van der Waals surface area (Å²) >= 11 is 0. The van der Waals surface area contributed by atoms with E-state index in [2.05, 4.69) is 5.32 Å². The monoisotopic (exact) mass is 578 g/mol. The molecule has 2 saturated carbocycles. The Bertz CT molecular complexity index is 1910. The van der Waals surface area contributed by atoms with E-state index in [4.69, 9.17) is 4.78 Å². The van der Waals surface area contributed by atoms with Crippen LogP contribution < -0.4 is 10.9 Å². The van der Waals surface area contributed by atoms with Crippen LogP contribution >= 0.6 is 0 Å². The van der Waals surface area contributed by atoms with E-state index in [1.165, 1.54) is 42.7 Å². The molecule has 2 aliphatic rings. The number of fused-ring (bicyclic) bond motifs is 1. The van der Waals surface area contributed by atoms with Gasteiger partial charge in [-0.1, -0.05) is 17.7 Å². The number of hydrogen-bond acceptors (Lipinski definition) is 6. The molecule has 0 bridgehead atoms. The summed E-state index contributed by atoms with van der Waals surface area (Å²) in [5, 5.41) is 4.17. The Hall–Kier alpha value is -3.37. The molecule has 0 amide bonds. The molecule has 10 heteroatoms. The van der Waals surface area contributed by atoms with E-state index >= 15 is 0 Å². The third-order valence-corrected chi connectivity index (χ3v) is 11.5. The molecule has 40 heavy (non-hydrogen) atoms. The van der Waals surface area contributed by atoms with Gasteiger partial charge in [0.05, 0.1) is 14.6 Å². The van der Waals surface area contributed by atoms with E-state index < -0.39 is 25.3 Å². The van der Waals surface area contributed by atoms with Gasteiger partial charge < -0.3 is 9.88 Å². The number of aryl methyl sites for hydroxylation is 2. The highest BCUT2D eigenvalue weighted by Gasteiger charge is 2.44. The van der Waals surface area contributed by atoms with Crippen molar-refractivity contribution in [2.24, 2.45) is 12.5 Å². The van der Waals surface area contributed by atoms with Crippen molar-refractivity contribution < 1.29 is 12.6 Å². The molecule has 0 saturated heterocycles. The fraction of sp³-hybridized carbons (Fsp3) is 0.367. The number of rotatable bonds is 6. The molecule has 210 valence electrons. The lowest BCUT2D eigenvalue weighted by Gasteiger charge is -2.30. The van der Waals surface area contributed by atoms with E-state index in [1.54, 1.807) is 55.7 Å². The van der Waals surface area contributed by atoms with Crippen LogP contribution in [0.4, 0.5) is 5.69 Å². The predicted molar refractivity (Wildman–Crippen MR) is 159 cm³/mol. The molecule has 2 heterocycles. The SMILES string of the molecule is Cc1ccc(S(=O)(=O)n2ccc3c(-c4cc(S(C)(=N)=O)ccc4NC4CCC5(CC4)CC5)cn(C)c(=O)c32)cc1. The molecule has 8 nitrogen and oxygen atoms in total. The van der Waals surface area contributed by atoms with Crippen LogP contribution in [0.1, 0.15) is 44.1 Å². The van der Waals surface area contributed by atoms with Gasteiger partial charge in [0.2, 0.25) is 0 Å². The summed E-state index contributed by atoms with van der Waals surface area (Å²) in [4.78, 5) is 13.9. The summed E-state index contributed by atoms with van der Waals surface area (Å²) in [5.41, 5.74) is 3.24. The van der Waals surface area contributed by atoms with E-state index in [0.29, 0.717) is 26.8 Å². The number of hydrogen-bond donors (Lipinski definition) is 2. The first-order valence-electron chi connectivity index (χ1n) is 13.6. The van der Waals surface area contributed by atoms with Gasteiger partial charge in [0.15, 0.2) is 0 Å². The first kappa shape index (κ1) is 26.8. The minimum Gasteiger partial charge on any atom is -0.382 e. The Morgan fingerprint density at radius 2 is 1.57 bits per heavy atom. The van der Waals surface area contributed by atoms with Crippen LogP contribution in [0.25, 0.3) is 22.0 Å². The van der Waals surface area contributed by atoms with Gasteiger partial charge in [0.1, 0.15) is 5.52 Å². The number of nitrogens with one attached hydrogen (secondary N) is 2. The summed E-state index contributed by atoms with van der Waals surface area (Å²) in [6.45, 7) is 1.88. The van der Waals surface area contributed by atoms with Gasteiger partial charge in [-0.15, -0.1) is 0 Å². The second-order valence-corrected chi connectivity index (χ2v) is 15.6. The maximum Gasteiger partial charge on any atom is 0.275 e. The number of anilines is 1. The predicted octanol–water partition coefficient (Wildman–Crippen LogP) is 5.72. The molecule has 6 rings (SSSR count). The van der Waals surface area contributed by atoms with Crippen LogP contribution in [0.5, 0.6) is 0 Å². The van der Waals surface area contributed by atoms with E-state index in [-0.39, 0.29) is 16.5 Å². The van der Waals surface area contributed by atoms with Crippen LogP contribution in [0.3, 0.4) is 0 Å². The molecule has 2 aromatic heterocycles. The topological polar surface area (TPSA) is 114 Å². The average molecular weight is 579 g/mol. The summed E-state index contributed by atoms with van der Waals surface area (Å²) in [7, 11) is -5.45. The van der Waals surface area contributed by atoms with Crippen molar-refractivity contribution in [3.05, 3.63) is 76.8 Å². The van der Waals surface area contributed by atoms with Crippen LogP contribution in [0, 0.1) is 17.1 Å². The largest absolute Gasteiger partial charge is 0.382 e. The molecular formula is C30H34N4O4S2. The van der Waals surface area contributed by atoms with Crippen molar-refractivity contribution in [3.63, 3.8) is 0 Å². The second-order valence-electron chi connectivity index (χ2n) is 11.6. The smallest absolute Gasteiger partial charge is 0.275 e. The summed E-state index contributed by atoms with van der Waals surface area (Å²) in [6, 6.07) is 13.8. The molecule has 2 fully saturated rings. The highest BCUT2D eigenvalue weighted by Crippen LogP contribution is 2.56. The normalized spacial score (nSPS) is 18.6. The Kier molecular flexibility index (Phi) is 6.27. The summed E-state index contributed by atoms with van der Waals surface area (Å²) < 4.78 is 50.7. The average Bonchev–Trinajstić information content (AvgIpc) is 3.50. The van der Waals surface area contributed by atoms with Crippen LogP contribution in [-0.2, 0) is 26.8 Å². The van der Waals surface area contributed by atoms with Gasteiger partial charge in [-0.25, -0.2) is 21.4 Å². The zero-order valence-electron chi connectivity index (χ0n) is 22.9. The molecule has 0 aliphatic heterocycles. The Balaban J connectivity index is 1.51. The minimum absolute atomic E-state index is 0.0494. The lowest BCUT2D eigenvalue weighted by atomic mass is 9.83. The molecule has 4 aromatic rings. The third-order valence-electron chi connectivity index (χ3n) is 8.66. The standard InChI is InChI=1S/C30H34N4O4S2/c1-20-4-6-22(7-5-20)40(37,38)34-17-12-24-26(19-33(2)29(35)28(24)34)25-18-23(39(3,31)36)8-9-27(25)32-21-10-13-30(14-11-21)15-16-30/h4-9,12,17-19,21,31-32H,10-11,13-16H2,1-3H3. The Morgan fingerprint density at radius 1 is 0.925 bits per heavy atom. The van der Waals surface area contributed by atoms with Crippen molar-refractivity contribution in [1.29, 1.82) is 4.78 Å². The Labute approximate surface area is 235 Å². The lowest BCUT2D eigenvalue weighted by Crippen LogP contribution is -2.27. The highest BCUT2D eigenvalue weighted by atomic mass is 32.2. The van der Waals surface area contributed by atoms with Gasteiger partial charge in [-0.2, -0.15) is 0 Å². The first-order valence-corrected chi connectivity index (χ1v) is 17.0. The molecule has 2 aliphatic carbocycles. The molecule has 2 aromatic carbocycles. The maximum atomic E-state index is 13.6. The van der Waals surface area contributed by atoms with E-state index in [1.807, 2.05) is 13.0 Å². The van der Waals surface area contributed by atoms with Crippen LogP contribution in [-0.4, -0.2) is 33.5 Å². The van der Waals surface area contributed by atoms with Gasteiger partial charge in [-0.05, 0) is 87.3 Å². The lowest BCUT2D eigenvalue weighted by molar-refractivity contribution is 0.317. The quantitative estimate of drug-likeness (QED) is 0.304. The van der Waals surface area contributed by atoms with Crippen LogP contribution in [0.15, 0.2) is 75.5 Å². The summed E-state index contributed by atoms with van der Waals surface area (Å²) in [6.07, 6.45) is 11.7. The highest BCUT2D eigenvalue weighted by molar-refractivity contribution is 7.91. The second kappa shape index (κ2) is 9.34.